The van der Waals surface area contributed by atoms with Gasteiger partial charge in [-0.2, -0.15) is 9.64 Å². The molecule has 1 aliphatic rings. The summed E-state index contributed by atoms with van der Waals surface area (Å²) < 4.78 is 9.30. The van der Waals surface area contributed by atoms with Crippen molar-refractivity contribution >= 4 is 28.1 Å². The van der Waals surface area contributed by atoms with Gasteiger partial charge in [-0.15, -0.1) is 0 Å². The molecule has 0 radical (unpaired) electrons. The fourth-order valence-electron chi connectivity index (χ4n) is 2.39. The molecule has 0 spiro atoms. The number of nitrogens with zero attached hydrogens (tertiary/aromatic N) is 5. The molecular formula is C13H14ClN5OS. The molecule has 1 aliphatic heterocycles. The molecule has 110 valence electrons. The van der Waals surface area contributed by atoms with Crippen LogP contribution in [0.25, 0.3) is 0 Å². The molecule has 2 aromatic heterocycles. The second-order valence-electron chi connectivity index (χ2n) is 4.96. The number of anilines is 1. The Balaban J connectivity index is 1.61. The van der Waals surface area contributed by atoms with E-state index in [1.54, 1.807) is 0 Å². The maximum Gasteiger partial charge on any atom is 0.162 e. The van der Waals surface area contributed by atoms with Crippen molar-refractivity contribution in [3.05, 3.63) is 28.2 Å². The minimum atomic E-state index is 0.303. The van der Waals surface area contributed by atoms with Crippen molar-refractivity contribution < 1.29 is 4.52 Å². The lowest BCUT2D eigenvalue weighted by molar-refractivity contribution is 0.220. The molecule has 0 atom stereocenters. The number of rotatable bonds is 3. The van der Waals surface area contributed by atoms with E-state index in [-0.39, 0.29) is 0 Å². The van der Waals surface area contributed by atoms with Crippen LogP contribution in [0.1, 0.15) is 17.0 Å². The average Bonchev–Trinajstić information content (AvgIpc) is 3.05. The summed E-state index contributed by atoms with van der Waals surface area (Å²) in [4.78, 5) is 4.48. The third kappa shape index (κ3) is 3.02. The highest BCUT2D eigenvalue weighted by Gasteiger charge is 2.23. The minimum Gasteiger partial charge on any atom is -0.360 e. The summed E-state index contributed by atoms with van der Waals surface area (Å²) in [7, 11) is 0. The first-order valence-corrected chi connectivity index (χ1v) is 7.77. The zero-order chi connectivity index (χ0) is 14.8. The molecule has 0 amide bonds. The molecule has 0 N–H and O–H groups in total. The normalized spacial score (nSPS) is 16.1. The molecule has 1 saturated heterocycles. The summed E-state index contributed by atoms with van der Waals surface area (Å²) in [6.45, 7) is 6.19. The highest BCUT2D eigenvalue weighted by Crippen LogP contribution is 2.31. The molecule has 6 nitrogen and oxygen atoms in total. The number of hydrogen-bond acceptors (Lipinski definition) is 7. The zero-order valence-electron chi connectivity index (χ0n) is 11.5. The molecule has 1 fully saturated rings. The van der Waals surface area contributed by atoms with Gasteiger partial charge in [0.1, 0.15) is 16.6 Å². The van der Waals surface area contributed by atoms with Crippen molar-refractivity contribution in [2.45, 2.75) is 13.5 Å². The van der Waals surface area contributed by atoms with E-state index in [9.17, 15) is 0 Å². The Hall–Kier alpha value is -1.62. The molecule has 21 heavy (non-hydrogen) atoms. The second-order valence-corrected chi connectivity index (χ2v) is 6.07. The van der Waals surface area contributed by atoms with Crippen LogP contribution in [0, 0.1) is 18.3 Å². The van der Waals surface area contributed by atoms with Gasteiger partial charge in [-0.25, -0.2) is 0 Å². The lowest BCUT2D eigenvalue weighted by atomic mass is 10.2. The maximum atomic E-state index is 9.14. The number of aryl methyl sites for hydroxylation is 1. The van der Waals surface area contributed by atoms with Crippen LogP contribution in [0.4, 0.5) is 5.00 Å². The number of nitriles is 1. The SMILES string of the molecule is Cc1cc(CN2CCN(c3snc(Cl)c3C#N)CC2)on1. The van der Waals surface area contributed by atoms with Gasteiger partial charge in [0.15, 0.2) is 10.9 Å². The highest BCUT2D eigenvalue weighted by atomic mass is 35.5. The first kappa shape index (κ1) is 14.3. The van der Waals surface area contributed by atoms with Gasteiger partial charge in [0.25, 0.3) is 0 Å². The van der Waals surface area contributed by atoms with E-state index in [1.807, 2.05) is 13.0 Å². The minimum absolute atomic E-state index is 0.303. The van der Waals surface area contributed by atoms with Crippen LogP contribution < -0.4 is 4.90 Å². The van der Waals surface area contributed by atoms with Crippen LogP contribution in [0.5, 0.6) is 0 Å². The molecular weight excluding hydrogens is 310 g/mol. The molecule has 3 rings (SSSR count). The molecule has 8 heteroatoms. The van der Waals surface area contributed by atoms with E-state index >= 15 is 0 Å². The summed E-state index contributed by atoms with van der Waals surface area (Å²) >= 11 is 7.21. The average molecular weight is 324 g/mol. The Labute approximate surface area is 131 Å². The van der Waals surface area contributed by atoms with Crippen molar-refractivity contribution in [3.8, 4) is 6.07 Å². The van der Waals surface area contributed by atoms with Crippen LogP contribution in [0.2, 0.25) is 5.15 Å². The summed E-state index contributed by atoms with van der Waals surface area (Å²) in [5, 5.41) is 14.2. The van der Waals surface area contributed by atoms with Gasteiger partial charge in [-0.05, 0) is 18.5 Å². The van der Waals surface area contributed by atoms with Crippen LogP contribution in [0.15, 0.2) is 10.6 Å². The number of piperazine rings is 1. The second kappa shape index (κ2) is 6.02. The summed E-state index contributed by atoms with van der Waals surface area (Å²) in [5.41, 5.74) is 1.39. The lowest BCUT2D eigenvalue weighted by Crippen LogP contribution is -2.45. The van der Waals surface area contributed by atoms with Gasteiger partial charge in [-0.3, -0.25) is 4.90 Å². The van der Waals surface area contributed by atoms with E-state index < -0.39 is 0 Å². The van der Waals surface area contributed by atoms with E-state index in [2.05, 4.69) is 25.4 Å². The van der Waals surface area contributed by atoms with Gasteiger partial charge in [0.05, 0.1) is 12.2 Å². The topological polar surface area (TPSA) is 69.2 Å². The Morgan fingerprint density at radius 2 is 2.19 bits per heavy atom. The molecule has 0 unspecified atom stereocenters. The standard InChI is InChI=1S/C13H14ClN5OS/c1-9-6-10(20-16-9)8-18-2-4-19(5-3-18)13-11(7-15)12(14)17-21-13/h6H,2-5,8H2,1H3. The first-order valence-electron chi connectivity index (χ1n) is 6.62. The van der Waals surface area contributed by atoms with Crippen molar-refractivity contribution in [1.82, 2.24) is 14.4 Å². The molecule has 2 aromatic rings. The van der Waals surface area contributed by atoms with Gasteiger partial charge >= 0.3 is 0 Å². The van der Waals surface area contributed by atoms with E-state index in [4.69, 9.17) is 21.4 Å². The maximum absolute atomic E-state index is 9.14. The fraction of sp³-hybridized carbons (Fsp3) is 0.462. The summed E-state index contributed by atoms with van der Waals surface area (Å²) in [6, 6.07) is 4.09. The Morgan fingerprint density at radius 3 is 2.81 bits per heavy atom. The van der Waals surface area contributed by atoms with E-state index in [0.29, 0.717) is 10.7 Å². The van der Waals surface area contributed by atoms with Crippen LogP contribution >= 0.6 is 23.1 Å². The Bertz CT molecular complexity index is 668. The number of hydrogen-bond donors (Lipinski definition) is 0. The van der Waals surface area contributed by atoms with Crippen molar-refractivity contribution in [2.75, 3.05) is 31.1 Å². The highest BCUT2D eigenvalue weighted by molar-refractivity contribution is 7.10. The molecule has 0 aliphatic carbocycles. The van der Waals surface area contributed by atoms with Gasteiger partial charge in [0, 0.05) is 32.2 Å². The van der Waals surface area contributed by atoms with Crippen LogP contribution in [-0.2, 0) is 6.54 Å². The quantitative estimate of drug-likeness (QED) is 0.863. The Kier molecular flexibility index (Phi) is 4.10. The first-order chi connectivity index (χ1) is 10.2. The third-order valence-electron chi connectivity index (χ3n) is 3.46. The lowest BCUT2D eigenvalue weighted by Gasteiger charge is -2.34. The van der Waals surface area contributed by atoms with Gasteiger partial charge < -0.3 is 9.42 Å². The monoisotopic (exact) mass is 323 g/mol. The van der Waals surface area contributed by atoms with Crippen molar-refractivity contribution in [3.63, 3.8) is 0 Å². The third-order valence-corrected chi connectivity index (χ3v) is 4.74. The fourth-order valence-corrected chi connectivity index (χ4v) is 3.47. The molecule has 0 saturated carbocycles. The molecule has 0 aromatic carbocycles. The van der Waals surface area contributed by atoms with Gasteiger partial charge in [-0.1, -0.05) is 16.8 Å². The molecule has 0 bridgehead atoms. The summed E-state index contributed by atoms with van der Waals surface area (Å²) in [6.07, 6.45) is 0. The summed E-state index contributed by atoms with van der Waals surface area (Å²) in [5.74, 6) is 0.888. The molecule has 3 heterocycles. The zero-order valence-corrected chi connectivity index (χ0v) is 13.1. The van der Waals surface area contributed by atoms with E-state index in [0.717, 1.165) is 49.2 Å². The number of halogens is 1. The smallest absolute Gasteiger partial charge is 0.162 e. The predicted octanol–water partition coefficient (Wildman–Crippen LogP) is 2.29. The van der Waals surface area contributed by atoms with E-state index in [1.165, 1.54) is 11.5 Å². The largest absolute Gasteiger partial charge is 0.360 e. The van der Waals surface area contributed by atoms with Crippen molar-refractivity contribution in [1.29, 1.82) is 5.26 Å². The Morgan fingerprint density at radius 1 is 1.43 bits per heavy atom. The number of aromatic nitrogens is 2. The van der Waals surface area contributed by atoms with Crippen LogP contribution in [0.3, 0.4) is 0 Å². The van der Waals surface area contributed by atoms with Gasteiger partial charge in [0.2, 0.25) is 0 Å². The predicted molar refractivity (Wildman–Crippen MR) is 80.6 cm³/mol. The van der Waals surface area contributed by atoms with Crippen LogP contribution in [-0.4, -0.2) is 40.6 Å². The van der Waals surface area contributed by atoms with Crippen molar-refractivity contribution in [2.24, 2.45) is 0 Å².